The summed E-state index contributed by atoms with van der Waals surface area (Å²) in [6.07, 6.45) is 2.75. The summed E-state index contributed by atoms with van der Waals surface area (Å²) in [7, 11) is 1.58. The lowest BCUT2D eigenvalue weighted by Crippen LogP contribution is -2.18. The molecule has 7 nitrogen and oxygen atoms in total. The molecule has 29 heavy (non-hydrogen) atoms. The first-order valence-electron chi connectivity index (χ1n) is 9.17. The summed E-state index contributed by atoms with van der Waals surface area (Å²) in [6, 6.07) is 17.1. The highest BCUT2D eigenvalue weighted by atomic mass is 16.5. The highest BCUT2D eigenvalue weighted by Gasteiger charge is 2.13. The van der Waals surface area contributed by atoms with E-state index in [-0.39, 0.29) is 5.56 Å². The molecule has 0 amide bonds. The molecule has 3 N–H and O–H groups in total. The van der Waals surface area contributed by atoms with Gasteiger partial charge in [0.1, 0.15) is 17.4 Å². The third-order valence-corrected chi connectivity index (χ3v) is 4.76. The number of H-pyrrole nitrogens is 2. The summed E-state index contributed by atoms with van der Waals surface area (Å²) >= 11 is 0. The number of rotatable bonds is 6. The molecule has 4 rings (SSSR count). The van der Waals surface area contributed by atoms with Gasteiger partial charge in [0.2, 0.25) is 5.95 Å². The second kappa shape index (κ2) is 7.90. The first-order chi connectivity index (χ1) is 14.2. The minimum absolute atomic E-state index is 0.0163. The van der Waals surface area contributed by atoms with Crippen molar-refractivity contribution >= 4 is 16.9 Å². The molecule has 2 heterocycles. The molecule has 0 aliphatic carbocycles. The Morgan fingerprint density at radius 2 is 1.97 bits per heavy atom. The maximum Gasteiger partial charge on any atom is 0.270 e. The van der Waals surface area contributed by atoms with Crippen molar-refractivity contribution in [2.45, 2.75) is 6.42 Å². The number of para-hydroxylation sites is 1. The molecule has 0 spiro atoms. The quantitative estimate of drug-likeness (QED) is 0.471. The van der Waals surface area contributed by atoms with Gasteiger partial charge >= 0.3 is 0 Å². The molecule has 0 radical (unpaired) electrons. The van der Waals surface area contributed by atoms with Crippen LogP contribution in [0.5, 0.6) is 5.75 Å². The molecule has 0 saturated heterocycles. The van der Waals surface area contributed by atoms with Crippen LogP contribution in [0.2, 0.25) is 0 Å². The smallest absolute Gasteiger partial charge is 0.270 e. The average Bonchev–Trinajstić information content (AvgIpc) is 3.17. The molecule has 2 aromatic heterocycles. The third-order valence-electron chi connectivity index (χ3n) is 4.76. The van der Waals surface area contributed by atoms with Gasteiger partial charge in [-0.25, -0.2) is 4.98 Å². The van der Waals surface area contributed by atoms with Crippen LogP contribution in [-0.2, 0) is 6.42 Å². The Morgan fingerprint density at radius 3 is 2.72 bits per heavy atom. The van der Waals surface area contributed by atoms with E-state index in [1.54, 1.807) is 31.4 Å². The number of benzene rings is 2. The molecule has 0 saturated carbocycles. The minimum Gasteiger partial charge on any atom is -0.497 e. The molecule has 0 unspecified atom stereocenters. The molecule has 2 aromatic carbocycles. The number of nitrogens with zero attached hydrogens (tertiary/aromatic N) is 2. The van der Waals surface area contributed by atoms with Gasteiger partial charge in [-0.1, -0.05) is 18.2 Å². The SMILES string of the molecule is COc1ccc(-c2nc(NCCc3c[nH]c4ccccc34)[nH]c(=O)c2C#N)cc1. The normalized spacial score (nSPS) is 10.6. The van der Waals surface area contributed by atoms with Crippen molar-refractivity contribution in [3.8, 4) is 23.1 Å². The van der Waals surface area contributed by atoms with E-state index in [1.165, 1.54) is 10.9 Å². The monoisotopic (exact) mass is 385 g/mol. The second-order valence-electron chi connectivity index (χ2n) is 6.51. The average molecular weight is 385 g/mol. The van der Waals surface area contributed by atoms with Gasteiger partial charge in [0.05, 0.1) is 12.8 Å². The standard InChI is InChI=1S/C22H19N5O2/c1-29-16-8-6-14(7-9-16)20-18(12-23)21(28)27-22(26-20)24-11-10-15-13-25-19-5-3-2-4-17(15)19/h2-9,13,25H,10-11H2,1H3,(H2,24,26,27,28). The lowest BCUT2D eigenvalue weighted by Gasteiger charge is -2.09. The number of aromatic amines is 2. The van der Waals surface area contributed by atoms with Crippen LogP contribution in [-0.4, -0.2) is 28.6 Å². The molecular weight excluding hydrogens is 366 g/mol. The van der Waals surface area contributed by atoms with Crippen LogP contribution in [0.4, 0.5) is 5.95 Å². The highest BCUT2D eigenvalue weighted by molar-refractivity contribution is 5.83. The first-order valence-corrected chi connectivity index (χ1v) is 9.17. The third kappa shape index (κ3) is 3.69. The number of fused-ring (bicyclic) bond motifs is 1. The number of hydrogen-bond acceptors (Lipinski definition) is 5. The Kier molecular flexibility index (Phi) is 4.99. The van der Waals surface area contributed by atoms with Gasteiger partial charge in [0.15, 0.2) is 0 Å². The molecule has 0 aliphatic heterocycles. The Bertz CT molecular complexity index is 1250. The molecule has 4 aromatic rings. The number of ether oxygens (including phenoxy) is 1. The fraction of sp³-hybridized carbons (Fsp3) is 0.136. The number of methoxy groups -OCH3 is 1. The highest BCUT2D eigenvalue weighted by Crippen LogP contribution is 2.23. The van der Waals surface area contributed by atoms with Gasteiger partial charge in [-0.2, -0.15) is 5.26 Å². The van der Waals surface area contributed by atoms with E-state index in [1.807, 2.05) is 30.5 Å². The van der Waals surface area contributed by atoms with E-state index >= 15 is 0 Å². The zero-order chi connectivity index (χ0) is 20.2. The number of nitrogens with one attached hydrogen (secondary N) is 3. The summed E-state index contributed by atoms with van der Waals surface area (Å²) < 4.78 is 5.16. The van der Waals surface area contributed by atoms with E-state index in [0.29, 0.717) is 29.5 Å². The maximum absolute atomic E-state index is 12.4. The van der Waals surface area contributed by atoms with Gasteiger partial charge in [0, 0.05) is 29.2 Å². The Labute approximate surface area is 167 Å². The van der Waals surface area contributed by atoms with Crippen molar-refractivity contribution in [2.24, 2.45) is 0 Å². The topological polar surface area (TPSA) is 107 Å². The first kappa shape index (κ1) is 18.3. The number of anilines is 1. The number of aromatic nitrogens is 3. The molecule has 0 atom stereocenters. The Morgan fingerprint density at radius 1 is 1.17 bits per heavy atom. The number of hydrogen-bond donors (Lipinski definition) is 3. The van der Waals surface area contributed by atoms with Crippen molar-refractivity contribution in [3.05, 3.63) is 76.2 Å². The van der Waals surface area contributed by atoms with Crippen molar-refractivity contribution in [1.82, 2.24) is 15.0 Å². The van der Waals surface area contributed by atoms with Crippen LogP contribution in [0, 0.1) is 11.3 Å². The Balaban J connectivity index is 1.57. The lowest BCUT2D eigenvalue weighted by molar-refractivity contribution is 0.415. The van der Waals surface area contributed by atoms with E-state index in [0.717, 1.165) is 11.9 Å². The van der Waals surface area contributed by atoms with Crippen molar-refractivity contribution in [2.75, 3.05) is 19.0 Å². The van der Waals surface area contributed by atoms with E-state index < -0.39 is 5.56 Å². The van der Waals surface area contributed by atoms with Crippen LogP contribution < -0.4 is 15.6 Å². The minimum atomic E-state index is -0.470. The van der Waals surface area contributed by atoms with Gasteiger partial charge in [-0.15, -0.1) is 0 Å². The van der Waals surface area contributed by atoms with Crippen molar-refractivity contribution in [3.63, 3.8) is 0 Å². The Hall–Kier alpha value is -4.05. The van der Waals surface area contributed by atoms with E-state index in [4.69, 9.17) is 4.74 Å². The van der Waals surface area contributed by atoms with Crippen molar-refractivity contribution < 1.29 is 4.74 Å². The fourth-order valence-corrected chi connectivity index (χ4v) is 3.27. The molecule has 144 valence electrons. The zero-order valence-corrected chi connectivity index (χ0v) is 15.8. The van der Waals surface area contributed by atoms with Crippen molar-refractivity contribution in [1.29, 1.82) is 5.26 Å². The zero-order valence-electron chi connectivity index (χ0n) is 15.8. The van der Waals surface area contributed by atoms with Crippen LogP contribution in [0.25, 0.3) is 22.2 Å². The summed E-state index contributed by atoms with van der Waals surface area (Å²) in [5, 5.41) is 13.7. The van der Waals surface area contributed by atoms with Gasteiger partial charge in [0.25, 0.3) is 5.56 Å². The molecule has 0 aliphatic rings. The van der Waals surface area contributed by atoms with Crippen LogP contribution in [0.1, 0.15) is 11.1 Å². The van der Waals surface area contributed by atoms with Gasteiger partial charge < -0.3 is 15.0 Å². The van der Waals surface area contributed by atoms with Gasteiger partial charge in [-0.3, -0.25) is 9.78 Å². The summed E-state index contributed by atoms with van der Waals surface area (Å²) in [5.41, 5.74) is 2.80. The lowest BCUT2D eigenvalue weighted by atomic mass is 10.1. The molecular formula is C22H19N5O2. The molecule has 7 heteroatoms. The van der Waals surface area contributed by atoms with E-state index in [2.05, 4.69) is 26.3 Å². The predicted molar refractivity (Wildman–Crippen MR) is 112 cm³/mol. The van der Waals surface area contributed by atoms with Crippen LogP contribution in [0.3, 0.4) is 0 Å². The number of nitriles is 1. The molecule has 0 bridgehead atoms. The largest absolute Gasteiger partial charge is 0.497 e. The molecule has 0 fully saturated rings. The predicted octanol–water partition coefficient (Wildman–Crippen LogP) is 3.45. The summed E-state index contributed by atoms with van der Waals surface area (Å²) in [6.45, 7) is 0.582. The maximum atomic E-state index is 12.4. The van der Waals surface area contributed by atoms with Gasteiger partial charge in [-0.05, 0) is 42.3 Å². The van der Waals surface area contributed by atoms with Crippen LogP contribution >= 0.6 is 0 Å². The second-order valence-corrected chi connectivity index (χ2v) is 6.51. The van der Waals surface area contributed by atoms with Crippen LogP contribution in [0.15, 0.2) is 59.5 Å². The van der Waals surface area contributed by atoms with E-state index in [9.17, 15) is 10.1 Å². The fourth-order valence-electron chi connectivity index (χ4n) is 3.27. The summed E-state index contributed by atoms with van der Waals surface area (Å²) in [4.78, 5) is 22.7. The summed E-state index contributed by atoms with van der Waals surface area (Å²) in [5.74, 6) is 1.02.